The second-order valence-electron chi connectivity index (χ2n) is 6.53. The van der Waals surface area contributed by atoms with Crippen LogP contribution in [0.2, 0.25) is 10.0 Å². The van der Waals surface area contributed by atoms with Gasteiger partial charge in [0, 0.05) is 37.6 Å². The number of fused-ring (bicyclic) bond motifs is 1. The van der Waals surface area contributed by atoms with Gasteiger partial charge in [0.25, 0.3) is 0 Å². The third kappa shape index (κ3) is 3.53. The van der Waals surface area contributed by atoms with Crippen LogP contribution in [0.3, 0.4) is 0 Å². The third-order valence-corrected chi connectivity index (χ3v) is 5.29. The number of ether oxygens (including phenoxy) is 1. The number of nitrogens with zero attached hydrogens (tertiary/aromatic N) is 1. The summed E-state index contributed by atoms with van der Waals surface area (Å²) in [5, 5.41) is 4.75. The second kappa shape index (κ2) is 7.45. The molecule has 0 saturated carbocycles. The molecule has 1 spiro atoms. The maximum atomic E-state index is 6.40. The smallest absolute Gasteiger partial charge is 0.142 e. The van der Waals surface area contributed by atoms with E-state index in [0.29, 0.717) is 29.8 Å². The van der Waals surface area contributed by atoms with Gasteiger partial charge in [-0.05, 0) is 17.7 Å². The molecule has 1 saturated heterocycles. The van der Waals surface area contributed by atoms with Gasteiger partial charge in [0.1, 0.15) is 11.4 Å². The largest absolute Gasteiger partial charge is 0.381 e. The van der Waals surface area contributed by atoms with E-state index < -0.39 is 0 Å². The van der Waals surface area contributed by atoms with Gasteiger partial charge in [-0.25, -0.2) is 10.4 Å². The van der Waals surface area contributed by atoms with Gasteiger partial charge in [-0.15, -0.1) is 0 Å². The normalized spacial score (nSPS) is 18.0. The lowest BCUT2D eigenvalue weighted by atomic mass is 9.86. The summed E-state index contributed by atoms with van der Waals surface area (Å²) in [7, 11) is 0. The van der Waals surface area contributed by atoms with Gasteiger partial charge in [-0.1, -0.05) is 53.5 Å². The highest BCUT2D eigenvalue weighted by Crippen LogP contribution is 2.43. The van der Waals surface area contributed by atoms with Gasteiger partial charge in [-0.3, -0.25) is 0 Å². The summed E-state index contributed by atoms with van der Waals surface area (Å²) in [6.45, 7) is 2.04. The molecule has 26 heavy (non-hydrogen) atoms. The van der Waals surface area contributed by atoms with Crippen molar-refractivity contribution >= 4 is 40.4 Å². The summed E-state index contributed by atoms with van der Waals surface area (Å²) in [5.74, 6) is 0.836. The van der Waals surface area contributed by atoms with Gasteiger partial charge in [-0.2, -0.15) is 0 Å². The maximum Gasteiger partial charge on any atom is 0.142 e. The van der Waals surface area contributed by atoms with Gasteiger partial charge >= 0.3 is 0 Å². The van der Waals surface area contributed by atoms with Crippen molar-refractivity contribution in [2.24, 2.45) is 4.99 Å². The molecular formula is C19H20Cl2N4O. The molecule has 0 aromatic heterocycles. The van der Waals surface area contributed by atoms with E-state index in [9.17, 15) is 0 Å². The quantitative estimate of drug-likeness (QED) is 0.684. The number of benzene rings is 2. The summed E-state index contributed by atoms with van der Waals surface area (Å²) in [4.78, 5) is 4.83. The van der Waals surface area contributed by atoms with E-state index >= 15 is 0 Å². The summed E-state index contributed by atoms with van der Waals surface area (Å²) < 4.78 is 5.56. The maximum absolute atomic E-state index is 6.40. The number of aliphatic imine (C=N–C) groups is 1. The molecule has 5 nitrogen and oxygen atoms in total. The number of amidine groups is 1. The number of anilines is 1. The van der Waals surface area contributed by atoms with Crippen molar-refractivity contribution in [3.8, 4) is 0 Å². The van der Waals surface area contributed by atoms with E-state index in [1.807, 2.05) is 24.3 Å². The summed E-state index contributed by atoms with van der Waals surface area (Å²) in [6, 6.07) is 13.8. The van der Waals surface area contributed by atoms with E-state index in [4.69, 9.17) is 32.9 Å². The highest BCUT2D eigenvalue weighted by Gasteiger charge is 2.41. The van der Waals surface area contributed by atoms with Gasteiger partial charge in [0.15, 0.2) is 0 Å². The summed E-state index contributed by atoms with van der Waals surface area (Å²) >= 11 is 12.6. The molecular weight excluding hydrogens is 371 g/mol. The molecule has 0 amide bonds. The topological polar surface area (TPSA) is 57.7 Å². The van der Waals surface area contributed by atoms with E-state index in [1.54, 1.807) is 6.07 Å². The second-order valence-corrected chi connectivity index (χ2v) is 7.37. The Morgan fingerprint density at radius 1 is 1.12 bits per heavy atom. The molecule has 0 radical (unpaired) electrons. The fraction of sp³-hybridized carbons (Fsp3) is 0.316. The zero-order valence-corrected chi connectivity index (χ0v) is 15.7. The predicted octanol–water partition coefficient (Wildman–Crippen LogP) is 4.29. The predicted molar refractivity (Wildman–Crippen MR) is 106 cm³/mol. The highest BCUT2D eigenvalue weighted by atomic mass is 35.5. The van der Waals surface area contributed by atoms with Crippen LogP contribution in [0.1, 0.15) is 18.4 Å². The summed E-state index contributed by atoms with van der Waals surface area (Å²) in [5.41, 5.74) is 9.01. The fourth-order valence-electron chi connectivity index (χ4n) is 3.35. The minimum atomic E-state index is -0.327. The monoisotopic (exact) mass is 390 g/mol. The van der Waals surface area contributed by atoms with Crippen molar-refractivity contribution in [1.29, 1.82) is 0 Å². The standard InChI is InChI=1S/C19H20Cl2N4O/c20-14-10-15(21)17-16(11-14)23-18(19(24-17)6-8-26-9-7-19)25-22-12-13-4-2-1-3-5-13/h1-5,10-11,22,24H,6-9,12H2,(H,23,25). The average molecular weight is 391 g/mol. The Hall–Kier alpha value is -1.79. The summed E-state index contributed by atoms with van der Waals surface area (Å²) in [6.07, 6.45) is 1.62. The van der Waals surface area contributed by atoms with Crippen molar-refractivity contribution in [3.05, 3.63) is 58.1 Å². The first-order valence-corrected chi connectivity index (χ1v) is 9.39. The van der Waals surface area contributed by atoms with Crippen LogP contribution in [0.5, 0.6) is 0 Å². The third-order valence-electron chi connectivity index (χ3n) is 4.77. The molecule has 0 unspecified atom stereocenters. The van der Waals surface area contributed by atoms with Crippen LogP contribution in [0.25, 0.3) is 0 Å². The van der Waals surface area contributed by atoms with Crippen molar-refractivity contribution in [1.82, 2.24) is 10.9 Å². The number of halogens is 2. The Labute approximate surface area is 162 Å². The fourth-order valence-corrected chi connectivity index (χ4v) is 3.88. The van der Waals surface area contributed by atoms with Crippen LogP contribution < -0.4 is 16.2 Å². The molecule has 2 aromatic carbocycles. The number of hydrogen-bond acceptors (Lipinski definition) is 5. The Balaban J connectivity index is 1.60. The van der Waals surface area contributed by atoms with Gasteiger partial charge < -0.3 is 15.5 Å². The lowest BCUT2D eigenvalue weighted by Crippen LogP contribution is -2.59. The molecule has 2 heterocycles. The Morgan fingerprint density at radius 3 is 2.65 bits per heavy atom. The number of rotatable bonds is 3. The van der Waals surface area contributed by atoms with Crippen LogP contribution in [-0.2, 0) is 11.3 Å². The van der Waals surface area contributed by atoms with Gasteiger partial charge in [0.2, 0.25) is 0 Å². The zero-order chi connectivity index (χ0) is 18.0. The Bertz CT molecular complexity index is 820. The van der Waals surface area contributed by atoms with Crippen LogP contribution in [-0.4, -0.2) is 24.6 Å². The van der Waals surface area contributed by atoms with Gasteiger partial charge in [0.05, 0.1) is 16.4 Å². The molecule has 0 bridgehead atoms. The molecule has 2 aliphatic heterocycles. The Morgan fingerprint density at radius 2 is 1.88 bits per heavy atom. The number of nitrogens with one attached hydrogen (secondary N) is 3. The molecule has 136 valence electrons. The molecule has 2 aromatic rings. The van der Waals surface area contributed by atoms with Crippen molar-refractivity contribution < 1.29 is 4.74 Å². The van der Waals surface area contributed by atoms with E-state index in [0.717, 1.165) is 30.1 Å². The van der Waals surface area contributed by atoms with E-state index in [-0.39, 0.29) is 5.54 Å². The highest BCUT2D eigenvalue weighted by molar-refractivity contribution is 6.37. The first-order valence-electron chi connectivity index (χ1n) is 8.63. The molecule has 0 atom stereocenters. The van der Waals surface area contributed by atoms with Crippen molar-refractivity contribution in [2.75, 3.05) is 18.5 Å². The first-order chi connectivity index (χ1) is 12.7. The first kappa shape index (κ1) is 17.6. The molecule has 0 aliphatic carbocycles. The minimum absolute atomic E-state index is 0.327. The number of hydrogen-bond donors (Lipinski definition) is 3. The Kier molecular flexibility index (Phi) is 5.05. The average Bonchev–Trinajstić information content (AvgIpc) is 2.65. The molecule has 1 fully saturated rings. The molecule has 7 heteroatoms. The van der Waals surface area contributed by atoms with E-state index in [1.165, 1.54) is 5.56 Å². The lowest BCUT2D eigenvalue weighted by molar-refractivity contribution is 0.0768. The molecule has 2 aliphatic rings. The molecule has 3 N–H and O–H groups in total. The van der Waals surface area contributed by atoms with Crippen molar-refractivity contribution in [2.45, 2.75) is 24.9 Å². The minimum Gasteiger partial charge on any atom is -0.381 e. The van der Waals surface area contributed by atoms with Crippen LogP contribution in [0, 0.1) is 0 Å². The van der Waals surface area contributed by atoms with Crippen LogP contribution in [0.15, 0.2) is 47.5 Å². The SMILES string of the molecule is Clc1cc(Cl)c2c(c1)N=C(NNCc1ccccc1)C1(CCOCC1)N2. The van der Waals surface area contributed by atoms with Crippen molar-refractivity contribution in [3.63, 3.8) is 0 Å². The van der Waals surface area contributed by atoms with Crippen LogP contribution in [0.4, 0.5) is 11.4 Å². The number of hydrazine groups is 1. The lowest BCUT2D eigenvalue weighted by Gasteiger charge is -2.42. The van der Waals surface area contributed by atoms with Crippen LogP contribution >= 0.6 is 23.2 Å². The van der Waals surface area contributed by atoms with E-state index in [2.05, 4.69) is 28.3 Å². The zero-order valence-electron chi connectivity index (χ0n) is 14.2. The molecule has 4 rings (SSSR count).